The van der Waals surface area contributed by atoms with Gasteiger partial charge in [-0.15, -0.1) is 0 Å². The second-order valence-electron chi connectivity index (χ2n) is 6.40. The highest BCUT2D eigenvalue weighted by Gasteiger charge is 2.29. The van der Waals surface area contributed by atoms with Gasteiger partial charge in [0.25, 0.3) is 0 Å². The van der Waals surface area contributed by atoms with Crippen LogP contribution in [0.4, 0.5) is 0 Å². The number of rotatable bonds is 4. The minimum Gasteiger partial charge on any atom is -0.313 e. The van der Waals surface area contributed by atoms with Crippen LogP contribution in [-0.2, 0) is 6.42 Å². The van der Waals surface area contributed by atoms with Crippen molar-refractivity contribution in [3.05, 3.63) is 35.4 Å². The van der Waals surface area contributed by atoms with Crippen LogP contribution in [0.15, 0.2) is 24.3 Å². The van der Waals surface area contributed by atoms with Gasteiger partial charge in [0.1, 0.15) is 0 Å². The number of fused-ring (bicyclic) bond motifs is 1. The zero-order valence-corrected chi connectivity index (χ0v) is 12.8. The van der Waals surface area contributed by atoms with Crippen LogP contribution in [0, 0.1) is 0 Å². The fourth-order valence-corrected chi connectivity index (χ4v) is 3.91. The topological polar surface area (TPSA) is 15.3 Å². The molecule has 0 bridgehead atoms. The summed E-state index contributed by atoms with van der Waals surface area (Å²) in [5.41, 5.74) is 3.20. The molecule has 0 aromatic heterocycles. The lowest BCUT2D eigenvalue weighted by atomic mass is 9.85. The molecule has 2 heteroatoms. The summed E-state index contributed by atoms with van der Waals surface area (Å²) in [7, 11) is 0. The molecule has 1 aromatic rings. The van der Waals surface area contributed by atoms with Crippen molar-refractivity contribution < 1.29 is 0 Å². The van der Waals surface area contributed by atoms with Gasteiger partial charge in [-0.25, -0.2) is 0 Å². The first-order valence-corrected chi connectivity index (χ1v) is 8.43. The number of piperidine rings is 1. The molecule has 2 unspecified atom stereocenters. The maximum absolute atomic E-state index is 3.72. The van der Waals surface area contributed by atoms with Crippen LogP contribution < -0.4 is 5.32 Å². The highest BCUT2D eigenvalue weighted by molar-refractivity contribution is 5.32. The van der Waals surface area contributed by atoms with E-state index in [1.54, 1.807) is 11.1 Å². The van der Waals surface area contributed by atoms with E-state index in [4.69, 9.17) is 0 Å². The second kappa shape index (κ2) is 6.73. The third kappa shape index (κ3) is 3.07. The fourth-order valence-electron chi connectivity index (χ4n) is 3.91. The van der Waals surface area contributed by atoms with Crippen LogP contribution >= 0.6 is 0 Å². The van der Waals surface area contributed by atoms with Gasteiger partial charge in [-0.1, -0.05) is 31.2 Å². The van der Waals surface area contributed by atoms with E-state index >= 15 is 0 Å². The standard InChI is InChI=1S/C18H28N2/c1-2-12-19-16-9-6-13-20(14-16)18-11-5-8-15-7-3-4-10-17(15)18/h3-4,7,10,16,18-19H,2,5-6,8-9,11-14H2,1H3. The van der Waals surface area contributed by atoms with Crippen LogP contribution in [0.25, 0.3) is 0 Å². The van der Waals surface area contributed by atoms with Gasteiger partial charge in [-0.05, 0) is 62.7 Å². The molecule has 3 rings (SSSR count). The van der Waals surface area contributed by atoms with Crippen LogP contribution in [0.2, 0.25) is 0 Å². The highest BCUT2D eigenvalue weighted by atomic mass is 15.2. The number of benzene rings is 1. The third-order valence-corrected chi connectivity index (χ3v) is 4.91. The molecule has 1 aromatic carbocycles. The lowest BCUT2D eigenvalue weighted by Gasteiger charge is -2.41. The van der Waals surface area contributed by atoms with E-state index in [1.165, 1.54) is 58.2 Å². The van der Waals surface area contributed by atoms with E-state index in [2.05, 4.69) is 41.4 Å². The Morgan fingerprint density at radius 2 is 2.10 bits per heavy atom. The minimum atomic E-state index is 0.672. The maximum atomic E-state index is 3.72. The molecule has 1 heterocycles. The van der Waals surface area contributed by atoms with Crippen molar-refractivity contribution in [3.63, 3.8) is 0 Å². The van der Waals surface area contributed by atoms with Crippen molar-refractivity contribution >= 4 is 0 Å². The van der Waals surface area contributed by atoms with E-state index < -0.39 is 0 Å². The van der Waals surface area contributed by atoms with Crippen LogP contribution in [0.1, 0.15) is 56.2 Å². The number of nitrogens with zero attached hydrogens (tertiary/aromatic N) is 1. The number of hydrogen-bond donors (Lipinski definition) is 1. The molecule has 0 spiro atoms. The zero-order valence-electron chi connectivity index (χ0n) is 12.8. The normalized spacial score (nSPS) is 27.2. The van der Waals surface area contributed by atoms with Crippen molar-refractivity contribution in [2.45, 2.75) is 57.5 Å². The van der Waals surface area contributed by atoms with Gasteiger partial charge in [0, 0.05) is 18.6 Å². The van der Waals surface area contributed by atoms with Gasteiger partial charge in [-0.2, -0.15) is 0 Å². The van der Waals surface area contributed by atoms with Crippen molar-refractivity contribution in [1.82, 2.24) is 10.2 Å². The summed E-state index contributed by atoms with van der Waals surface area (Å²) < 4.78 is 0. The van der Waals surface area contributed by atoms with Gasteiger partial charge in [-0.3, -0.25) is 4.90 Å². The second-order valence-corrected chi connectivity index (χ2v) is 6.40. The summed E-state index contributed by atoms with van der Waals surface area (Å²) >= 11 is 0. The minimum absolute atomic E-state index is 0.672. The molecule has 0 radical (unpaired) electrons. The molecule has 1 fully saturated rings. The Kier molecular flexibility index (Phi) is 4.74. The quantitative estimate of drug-likeness (QED) is 0.902. The molecule has 20 heavy (non-hydrogen) atoms. The monoisotopic (exact) mass is 272 g/mol. The Hall–Kier alpha value is -0.860. The molecule has 2 atom stereocenters. The third-order valence-electron chi connectivity index (χ3n) is 4.91. The van der Waals surface area contributed by atoms with Crippen molar-refractivity contribution in [1.29, 1.82) is 0 Å². The average Bonchev–Trinajstić information content (AvgIpc) is 2.52. The van der Waals surface area contributed by atoms with E-state index in [1.807, 2.05) is 0 Å². The Morgan fingerprint density at radius 1 is 1.20 bits per heavy atom. The molecule has 1 aliphatic heterocycles. The number of likely N-dealkylation sites (tertiary alicyclic amines) is 1. The summed E-state index contributed by atoms with van der Waals surface area (Å²) in [6, 6.07) is 10.5. The number of aryl methyl sites for hydroxylation is 1. The highest BCUT2D eigenvalue weighted by Crippen LogP contribution is 2.35. The van der Waals surface area contributed by atoms with E-state index in [0.717, 1.165) is 0 Å². The number of hydrogen-bond acceptors (Lipinski definition) is 2. The van der Waals surface area contributed by atoms with Crippen LogP contribution in [-0.4, -0.2) is 30.6 Å². The van der Waals surface area contributed by atoms with Gasteiger partial charge in [0.15, 0.2) is 0 Å². The molecule has 0 amide bonds. The molecule has 2 aliphatic rings. The van der Waals surface area contributed by atoms with E-state index in [9.17, 15) is 0 Å². The maximum Gasteiger partial charge on any atom is 0.0351 e. The summed E-state index contributed by atoms with van der Waals surface area (Å²) in [5.74, 6) is 0. The Bertz CT molecular complexity index is 429. The Balaban J connectivity index is 1.70. The Morgan fingerprint density at radius 3 is 3.00 bits per heavy atom. The molecular weight excluding hydrogens is 244 g/mol. The molecule has 0 saturated carbocycles. The first kappa shape index (κ1) is 14.1. The Labute approximate surface area is 123 Å². The smallest absolute Gasteiger partial charge is 0.0351 e. The SMILES string of the molecule is CCCNC1CCCN(C2CCCc3ccccc32)C1. The molecular formula is C18H28N2. The molecule has 1 saturated heterocycles. The molecule has 110 valence electrons. The van der Waals surface area contributed by atoms with Crippen molar-refractivity contribution in [2.75, 3.05) is 19.6 Å². The fraction of sp³-hybridized carbons (Fsp3) is 0.667. The summed E-state index contributed by atoms with van der Waals surface area (Å²) in [4.78, 5) is 2.74. The predicted molar refractivity (Wildman–Crippen MR) is 85.0 cm³/mol. The molecule has 2 nitrogen and oxygen atoms in total. The van der Waals surface area contributed by atoms with E-state index in [-0.39, 0.29) is 0 Å². The summed E-state index contributed by atoms with van der Waals surface area (Å²) in [5, 5.41) is 3.72. The number of nitrogens with one attached hydrogen (secondary N) is 1. The van der Waals surface area contributed by atoms with Crippen LogP contribution in [0.5, 0.6) is 0 Å². The predicted octanol–water partition coefficient (Wildman–Crippen LogP) is 3.53. The molecule has 1 aliphatic carbocycles. The van der Waals surface area contributed by atoms with E-state index in [0.29, 0.717) is 12.1 Å². The average molecular weight is 272 g/mol. The first-order valence-electron chi connectivity index (χ1n) is 8.43. The van der Waals surface area contributed by atoms with Crippen LogP contribution in [0.3, 0.4) is 0 Å². The lowest BCUT2D eigenvalue weighted by molar-refractivity contribution is 0.124. The summed E-state index contributed by atoms with van der Waals surface area (Å²) in [6.45, 7) is 5.94. The van der Waals surface area contributed by atoms with Gasteiger partial charge in [0.05, 0.1) is 0 Å². The van der Waals surface area contributed by atoms with Gasteiger partial charge >= 0.3 is 0 Å². The summed E-state index contributed by atoms with van der Waals surface area (Å²) in [6.07, 6.45) is 7.91. The zero-order chi connectivity index (χ0) is 13.8. The molecule has 1 N–H and O–H groups in total. The largest absolute Gasteiger partial charge is 0.313 e. The van der Waals surface area contributed by atoms with Crippen molar-refractivity contribution in [3.8, 4) is 0 Å². The van der Waals surface area contributed by atoms with Gasteiger partial charge < -0.3 is 5.32 Å². The lowest BCUT2D eigenvalue weighted by Crippen LogP contribution is -2.47. The van der Waals surface area contributed by atoms with Crippen molar-refractivity contribution in [2.24, 2.45) is 0 Å². The first-order chi connectivity index (χ1) is 9.88. The van der Waals surface area contributed by atoms with Gasteiger partial charge in [0.2, 0.25) is 0 Å².